The molecule has 126 valence electrons. The van der Waals surface area contributed by atoms with Gasteiger partial charge in [-0.05, 0) is 44.4 Å². The molecule has 0 saturated heterocycles. The predicted molar refractivity (Wildman–Crippen MR) is 92.3 cm³/mol. The zero-order valence-corrected chi connectivity index (χ0v) is 14.4. The Balaban J connectivity index is 1.99. The van der Waals surface area contributed by atoms with Crippen LogP contribution in [0.25, 0.3) is 11.3 Å². The van der Waals surface area contributed by atoms with Gasteiger partial charge in [0.2, 0.25) is 0 Å². The highest BCUT2D eigenvalue weighted by atomic mass is 16.5. The lowest BCUT2D eigenvalue weighted by atomic mass is 9.89. The lowest BCUT2D eigenvalue weighted by molar-refractivity contribution is 0.0767. The predicted octanol–water partition coefficient (Wildman–Crippen LogP) is 3.49. The maximum Gasteiger partial charge on any atom is 0.276 e. The van der Waals surface area contributed by atoms with Crippen LogP contribution in [0.3, 0.4) is 0 Å². The Bertz CT molecular complexity index is 792. The van der Waals surface area contributed by atoms with Crippen molar-refractivity contribution in [2.75, 3.05) is 20.2 Å². The SMILES string of the molecule is C=C(C)CN(CC)C(=O)c1noc2c1CCc1ccc(OC)cc1-2. The summed E-state index contributed by atoms with van der Waals surface area (Å²) in [5, 5.41) is 4.09. The number of amides is 1. The number of aryl methyl sites for hydroxylation is 1. The fourth-order valence-electron chi connectivity index (χ4n) is 3.10. The smallest absolute Gasteiger partial charge is 0.276 e. The second-order valence-electron chi connectivity index (χ2n) is 6.14. The van der Waals surface area contributed by atoms with Gasteiger partial charge in [-0.3, -0.25) is 4.79 Å². The van der Waals surface area contributed by atoms with Crippen molar-refractivity contribution in [2.24, 2.45) is 0 Å². The molecule has 2 aromatic rings. The number of hydrogen-bond acceptors (Lipinski definition) is 4. The number of carbonyl (C=O) groups excluding carboxylic acids is 1. The molecule has 1 aromatic heterocycles. The van der Waals surface area contributed by atoms with Crippen molar-refractivity contribution in [2.45, 2.75) is 26.7 Å². The van der Waals surface area contributed by atoms with Crippen molar-refractivity contribution in [3.05, 3.63) is 47.2 Å². The summed E-state index contributed by atoms with van der Waals surface area (Å²) in [6, 6.07) is 5.93. The molecule has 1 aliphatic rings. The van der Waals surface area contributed by atoms with Crippen molar-refractivity contribution < 1.29 is 14.1 Å². The monoisotopic (exact) mass is 326 g/mol. The summed E-state index contributed by atoms with van der Waals surface area (Å²) in [5.41, 5.74) is 4.40. The fourth-order valence-corrected chi connectivity index (χ4v) is 3.10. The maximum absolute atomic E-state index is 12.8. The highest BCUT2D eigenvalue weighted by molar-refractivity contribution is 5.95. The van der Waals surface area contributed by atoms with Crippen LogP contribution in [0.2, 0.25) is 0 Å². The standard InChI is InChI=1S/C19H22N2O3/c1-5-21(11-12(2)3)19(22)17-15-9-7-13-6-8-14(23-4)10-16(13)18(15)24-20-17/h6,8,10H,2,5,7,9,11H2,1,3-4H3. The van der Waals surface area contributed by atoms with Gasteiger partial charge >= 0.3 is 0 Å². The molecule has 0 spiro atoms. The first kappa shape index (κ1) is 16.3. The van der Waals surface area contributed by atoms with Crippen LogP contribution < -0.4 is 4.74 Å². The number of benzene rings is 1. The van der Waals surface area contributed by atoms with Gasteiger partial charge in [0.05, 0.1) is 7.11 Å². The Labute approximate surface area is 141 Å². The Kier molecular flexibility index (Phi) is 4.42. The van der Waals surface area contributed by atoms with E-state index in [4.69, 9.17) is 9.26 Å². The summed E-state index contributed by atoms with van der Waals surface area (Å²) < 4.78 is 10.9. The first-order chi connectivity index (χ1) is 11.5. The average Bonchev–Trinajstić information content (AvgIpc) is 3.02. The van der Waals surface area contributed by atoms with Crippen molar-refractivity contribution in [1.82, 2.24) is 10.1 Å². The van der Waals surface area contributed by atoms with E-state index in [0.717, 1.165) is 35.3 Å². The quantitative estimate of drug-likeness (QED) is 0.789. The number of hydrogen-bond donors (Lipinski definition) is 0. The van der Waals surface area contributed by atoms with E-state index in [-0.39, 0.29) is 5.91 Å². The summed E-state index contributed by atoms with van der Waals surface area (Å²) in [6.45, 7) is 8.89. The molecule has 0 saturated carbocycles. The number of aromatic nitrogens is 1. The molecule has 1 heterocycles. The molecule has 5 heteroatoms. The van der Waals surface area contributed by atoms with Crippen LogP contribution in [0.4, 0.5) is 0 Å². The fraction of sp³-hybridized carbons (Fsp3) is 0.368. The molecule has 1 amide bonds. The molecule has 0 N–H and O–H groups in total. The van der Waals surface area contributed by atoms with Gasteiger partial charge in [-0.15, -0.1) is 0 Å². The van der Waals surface area contributed by atoms with Crippen molar-refractivity contribution in [3.8, 4) is 17.1 Å². The highest BCUT2D eigenvalue weighted by Crippen LogP contribution is 2.37. The van der Waals surface area contributed by atoms with E-state index < -0.39 is 0 Å². The number of ether oxygens (including phenoxy) is 1. The minimum Gasteiger partial charge on any atom is -0.497 e. The van der Waals surface area contributed by atoms with Crippen LogP contribution in [-0.2, 0) is 12.8 Å². The Morgan fingerprint density at radius 1 is 1.42 bits per heavy atom. The summed E-state index contributed by atoms with van der Waals surface area (Å²) in [5.74, 6) is 1.35. The molecule has 24 heavy (non-hydrogen) atoms. The summed E-state index contributed by atoms with van der Waals surface area (Å²) in [4.78, 5) is 14.6. The van der Waals surface area contributed by atoms with Crippen LogP contribution in [0.15, 0.2) is 34.9 Å². The molecule has 0 radical (unpaired) electrons. The van der Waals surface area contributed by atoms with Crippen LogP contribution in [0.5, 0.6) is 5.75 Å². The summed E-state index contributed by atoms with van der Waals surface area (Å²) in [6.07, 6.45) is 1.62. The Morgan fingerprint density at radius 2 is 2.21 bits per heavy atom. The molecular formula is C19H22N2O3. The molecule has 3 rings (SSSR count). The van der Waals surface area contributed by atoms with E-state index in [1.165, 1.54) is 5.56 Å². The zero-order valence-electron chi connectivity index (χ0n) is 14.4. The van der Waals surface area contributed by atoms with Gasteiger partial charge in [-0.2, -0.15) is 0 Å². The molecule has 5 nitrogen and oxygen atoms in total. The lowest BCUT2D eigenvalue weighted by Crippen LogP contribution is -2.33. The van der Waals surface area contributed by atoms with Crippen molar-refractivity contribution >= 4 is 5.91 Å². The summed E-state index contributed by atoms with van der Waals surface area (Å²) in [7, 11) is 1.64. The average molecular weight is 326 g/mol. The van der Waals surface area contributed by atoms with Gasteiger partial charge in [0.15, 0.2) is 11.5 Å². The molecule has 0 fully saturated rings. The van der Waals surface area contributed by atoms with E-state index in [2.05, 4.69) is 11.7 Å². The Morgan fingerprint density at radius 3 is 2.88 bits per heavy atom. The molecule has 0 atom stereocenters. The van der Waals surface area contributed by atoms with E-state index in [1.807, 2.05) is 32.0 Å². The van der Waals surface area contributed by atoms with Crippen LogP contribution in [0, 0.1) is 0 Å². The second-order valence-corrected chi connectivity index (χ2v) is 6.14. The first-order valence-corrected chi connectivity index (χ1v) is 8.14. The van der Waals surface area contributed by atoms with Crippen LogP contribution >= 0.6 is 0 Å². The minimum atomic E-state index is -0.100. The topological polar surface area (TPSA) is 55.6 Å². The summed E-state index contributed by atoms with van der Waals surface area (Å²) >= 11 is 0. The lowest BCUT2D eigenvalue weighted by Gasteiger charge is -2.21. The van der Waals surface area contributed by atoms with Gasteiger partial charge in [-0.1, -0.05) is 23.4 Å². The minimum absolute atomic E-state index is 0.100. The van der Waals surface area contributed by atoms with Crippen LogP contribution in [0.1, 0.15) is 35.5 Å². The van der Waals surface area contributed by atoms with E-state index >= 15 is 0 Å². The number of fused-ring (bicyclic) bond motifs is 3. The van der Waals surface area contributed by atoms with E-state index in [1.54, 1.807) is 12.0 Å². The van der Waals surface area contributed by atoms with E-state index in [0.29, 0.717) is 24.5 Å². The van der Waals surface area contributed by atoms with Gasteiger partial charge < -0.3 is 14.2 Å². The molecular weight excluding hydrogens is 304 g/mol. The normalized spacial score (nSPS) is 12.3. The van der Waals surface area contributed by atoms with Gasteiger partial charge in [-0.25, -0.2) is 0 Å². The molecule has 1 aromatic carbocycles. The molecule has 0 unspecified atom stereocenters. The molecule has 0 aliphatic heterocycles. The van der Waals surface area contributed by atoms with Crippen LogP contribution in [-0.4, -0.2) is 36.2 Å². The van der Waals surface area contributed by atoms with Gasteiger partial charge in [0.25, 0.3) is 5.91 Å². The third-order valence-corrected chi connectivity index (χ3v) is 4.33. The molecule has 1 aliphatic carbocycles. The molecule has 0 bridgehead atoms. The third-order valence-electron chi connectivity index (χ3n) is 4.33. The largest absolute Gasteiger partial charge is 0.497 e. The van der Waals surface area contributed by atoms with Crippen molar-refractivity contribution in [3.63, 3.8) is 0 Å². The maximum atomic E-state index is 12.8. The number of methoxy groups -OCH3 is 1. The Hall–Kier alpha value is -2.56. The number of likely N-dealkylation sites (N-methyl/N-ethyl adjacent to an activating group) is 1. The van der Waals surface area contributed by atoms with Gasteiger partial charge in [0.1, 0.15) is 5.75 Å². The van der Waals surface area contributed by atoms with Crippen molar-refractivity contribution in [1.29, 1.82) is 0 Å². The number of carbonyl (C=O) groups is 1. The third kappa shape index (κ3) is 2.82. The number of nitrogens with zero attached hydrogens (tertiary/aromatic N) is 2. The first-order valence-electron chi connectivity index (χ1n) is 8.14. The second kappa shape index (κ2) is 6.51. The highest BCUT2D eigenvalue weighted by Gasteiger charge is 2.29. The van der Waals surface area contributed by atoms with Gasteiger partial charge in [0, 0.05) is 24.2 Å². The zero-order chi connectivity index (χ0) is 17.3. The number of rotatable bonds is 5. The van der Waals surface area contributed by atoms with E-state index in [9.17, 15) is 4.79 Å².